The highest BCUT2D eigenvalue weighted by Crippen LogP contribution is 2.40. The molecule has 152 valence electrons. The van der Waals surface area contributed by atoms with Crippen LogP contribution in [0.2, 0.25) is 0 Å². The zero-order chi connectivity index (χ0) is 21.7. The molecule has 1 atom stereocenters. The van der Waals surface area contributed by atoms with Crippen LogP contribution >= 0.6 is 11.8 Å². The molecular formula is C22H21N5O2S. The smallest absolute Gasteiger partial charge is 0.254 e. The molecule has 2 aromatic rings. The molecule has 0 radical (unpaired) electrons. The van der Waals surface area contributed by atoms with E-state index in [0.717, 1.165) is 17.3 Å². The Hall–Kier alpha value is -3.57. The minimum Gasteiger partial charge on any atom is -0.369 e. The second-order valence-electron chi connectivity index (χ2n) is 6.76. The maximum Gasteiger partial charge on any atom is 0.254 e. The van der Waals surface area contributed by atoms with Crippen molar-refractivity contribution in [2.75, 3.05) is 11.1 Å². The van der Waals surface area contributed by atoms with Crippen LogP contribution in [0, 0.1) is 18.3 Å². The van der Waals surface area contributed by atoms with Crippen LogP contribution < -0.4 is 16.4 Å². The zero-order valence-electron chi connectivity index (χ0n) is 16.6. The summed E-state index contributed by atoms with van der Waals surface area (Å²) in [5, 5.41) is 16.5. The number of hydrogen-bond acceptors (Lipinski definition) is 6. The maximum atomic E-state index is 13.3. The second-order valence-corrected chi connectivity index (χ2v) is 7.75. The van der Waals surface area contributed by atoms with Crippen molar-refractivity contribution in [3.63, 3.8) is 0 Å². The number of anilines is 1. The average molecular weight is 420 g/mol. The molecule has 4 N–H and O–H groups in total. The van der Waals surface area contributed by atoms with Gasteiger partial charge in [-0.05, 0) is 37.1 Å². The number of primary amides is 1. The monoisotopic (exact) mass is 419 g/mol. The van der Waals surface area contributed by atoms with Gasteiger partial charge in [0.25, 0.3) is 5.91 Å². The van der Waals surface area contributed by atoms with Crippen molar-refractivity contribution in [3.8, 4) is 6.07 Å². The highest BCUT2D eigenvalue weighted by atomic mass is 32.2. The number of para-hydroxylation sites is 1. The van der Waals surface area contributed by atoms with Gasteiger partial charge in [-0.1, -0.05) is 36.0 Å². The molecule has 2 amide bonds. The molecule has 0 saturated heterocycles. The van der Waals surface area contributed by atoms with Crippen molar-refractivity contribution in [3.05, 3.63) is 81.8 Å². The predicted octanol–water partition coefficient (Wildman–Crippen LogP) is 2.94. The molecule has 0 spiro atoms. The Kier molecular flexibility index (Phi) is 6.54. The summed E-state index contributed by atoms with van der Waals surface area (Å²) >= 11 is 1.15. The Labute approximate surface area is 179 Å². The molecule has 30 heavy (non-hydrogen) atoms. The number of pyridine rings is 1. The van der Waals surface area contributed by atoms with E-state index in [1.54, 1.807) is 25.4 Å². The number of nitriles is 1. The van der Waals surface area contributed by atoms with E-state index in [1.807, 2.05) is 37.3 Å². The van der Waals surface area contributed by atoms with E-state index >= 15 is 0 Å². The Bertz CT molecular complexity index is 1090. The number of nitrogens with one attached hydrogen (secondary N) is 2. The fourth-order valence-electron chi connectivity index (χ4n) is 3.25. The summed E-state index contributed by atoms with van der Waals surface area (Å²) in [5.74, 6) is -1.40. The molecule has 2 heterocycles. The molecule has 8 heteroatoms. The number of amides is 2. The number of allylic oxidation sites excluding steroid dienone is 2. The number of nitrogens with two attached hydrogens (primary N) is 1. The van der Waals surface area contributed by atoms with E-state index in [2.05, 4.69) is 21.7 Å². The van der Waals surface area contributed by atoms with Gasteiger partial charge in [-0.2, -0.15) is 5.26 Å². The van der Waals surface area contributed by atoms with Gasteiger partial charge in [0.2, 0.25) is 5.91 Å². The first kappa shape index (κ1) is 21.1. The fraction of sp³-hybridized carbons (Fsp3) is 0.182. The number of rotatable bonds is 6. The first-order chi connectivity index (χ1) is 14.4. The number of carbonyl (C=O) groups excluding carboxylic acids is 2. The lowest BCUT2D eigenvalue weighted by molar-refractivity contribution is -0.115. The van der Waals surface area contributed by atoms with Crippen LogP contribution in [-0.4, -0.2) is 22.6 Å². The standard InChI is InChI=1S/C22H21N5O2S/c1-13-6-3-4-8-17(13)27-21(29)19-14(2)26-22(30-12-18(24)28)16(10-23)20(19)15-7-5-9-25-11-15/h3-9,11,20,26H,12H2,1-2H3,(H2,24,28)(H,27,29)/t20-/m1/s1. The largest absolute Gasteiger partial charge is 0.369 e. The predicted molar refractivity (Wildman–Crippen MR) is 117 cm³/mol. The van der Waals surface area contributed by atoms with Gasteiger partial charge >= 0.3 is 0 Å². The summed E-state index contributed by atoms with van der Waals surface area (Å²) in [6, 6.07) is 13.3. The van der Waals surface area contributed by atoms with Crippen molar-refractivity contribution in [2.45, 2.75) is 19.8 Å². The minimum absolute atomic E-state index is 0.0191. The first-order valence-corrected chi connectivity index (χ1v) is 10.2. The van der Waals surface area contributed by atoms with Gasteiger partial charge in [0.1, 0.15) is 0 Å². The lowest BCUT2D eigenvalue weighted by Gasteiger charge is -2.29. The van der Waals surface area contributed by atoms with Crippen LogP contribution in [0.3, 0.4) is 0 Å². The molecule has 0 unspecified atom stereocenters. The van der Waals surface area contributed by atoms with Gasteiger partial charge in [0, 0.05) is 29.4 Å². The van der Waals surface area contributed by atoms with Gasteiger partial charge in [0.05, 0.1) is 28.3 Å². The van der Waals surface area contributed by atoms with Crippen LogP contribution in [0.5, 0.6) is 0 Å². The van der Waals surface area contributed by atoms with Crippen molar-refractivity contribution in [1.29, 1.82) is 5.26 Å². The van der Waals surface area contributed by atoms with Gasteiger partial charge in [-0.3, -0.25) is 14.6 Å². The molecule has 1 aromatic heterocycles. The number of thioether (sulfide) groups is 1. The summed E-state index contributed by atoms with van der Waals surface area (Å²) < 4.78 is 0. The average Bonchev–Trinajstić information content (AvgIpc) is 2.73. The van der Waals surface area contributed by atoms with Crippen LogP contribution in [0.25, 0.3) is 0 Å². The lowest BCUT2D eigenvalue weighted by atomic mass is 9.82. The van der Waals surface area contributed by atoms with Crippen molar-refractivity contribution in [1.82, 2.24) is 10.3 Å². The van der Waals surface area contributed by atoms with Gasteiger partial charge in [-0.15, -0.1) is 0 Å². The van der Waals surface area contributed by atoms with Crippen LogP contribution in [0.1, 0.15) is 24.0 Å². The third kappa shape index (κ3) is 4.53. The minimum atomic E-state index is -0.621. The van der Waals surface area contributed by atoms with Crippen LogP contribution in [-0.2, 0) is 9.59 Å². The topological polar surface area (TPSA) is 121 Å². The maximum absolute atomic E-state index is 13.3. The number of nitrogens with zero attached hydrogens (tertiary/aromatic N) is 2. The zero-order valence-corrected chi connectivity index (χ0v) is 17.4. The van der Waals surface area contributed by atoms with E-state index in [4.69, 9.17) is 5.73 Å². The third-order valence-corrected chi connectivity index (χ3v) is 5.70. The Morgan fingerprint density at radius 2 is 2.03 bits per heavy atom. The summed E-state index contributed by atoms with van der Waals surface area (Å²) in [6.07, 6.45) is 3.27. The quantitative estimate of drug-likeness (QED) is 0.662. The SMILES string of the molecule is CC1=C(C(=O)Nc2ccccc2C)[C@H](c2cccnc2)C(C#N)=C(SCC(N)=O)N1. The van der Waals surface area contributed by atoms with Crippen LogP contribution in [0.15, 0.2) is 70.7 Å². The third-order valence-electron chi connectivity index (χ3n) is 4.66. The highest BCUT2D eigenvalue weighted by molar-refractivity contribution is 8.03. The molecule has 3 rings (SSSR count). The van der Waals surface area contributed by atoms with Gasteiger partial charge in [-0.25, -0.2) is 0 Å². The summed E-state index contributed by atoms with van der Waals surface area (Å²) in [7, 11) is 0. The molecule has 0 saturated carbocycles. The number of hydrogen-bond donors (Lipinski definition) is 3. The number of carbonyl (C=O) groups is 2. The van der Waals surface area contributed by atoms with Crippen molar-refractivity contribution < 1.29 is 9.59 Å². The van der Waals surface area contributed by atoms with E-state index < -0.39 is 11.8 Å². The van der Waals surface area contributed by atoms with Crippen molar-refractivity contribution in [2.24, 2.45) is 5.73 Å². The van der Waals surface area contributed by atoms with E-state index in [1.165, 1.54) is 0 Å². The molecule has 1 aliphatic heterocycles. The molecule has 1 aliphatic rings. The molecule has 1 aromatic carbocycles. The number of dihydropyridines is 1. The normalized spacial score (nSPS) is 16.0. The molecule has 0 aliphatic carbocycles. The van der Waals surface area contributed by atoms with Gasteiger partial charge < -0.3 is 16.4 Å². The Morgan fingerprint density at radius 3 is 2.67 bits per heavy atom. The number of aryl methyl sites for hydroxylation is 1. The fourth-order valence-corrected chi connectivity index (χ4v) is 4.08. The lowest BCUT2D eigenvalue weighted by Crippen LogP contribution is -2.31. The summed E-state index contributed by atoms with van der Waals surface area (Å²) in [5.41, 5.74) is 8.97. The summed E-state index contributed by atoms with van der Waals surface area (Å²) in [4.78, 5) is 28.7. The van der Waals surface area contributed by atoms with E-state index in [9.17, 15) is 14.9 Å². The Balaban J connectivity index is 2.05. The highest BCUT2D eigenvalue weighted by Gasteiger charge is 2.35. The van der Waals surface area contributed by atoms with Crippen molar-refractivity contribution >= 4 is 29.3 Å². The van der Waals surface area contributed by atoms with E-state index in [0.29, 0.717) is 33.1 Å². The summed E-state index contributed by atoms with van der Waals surface area (Å²) in [6.45, 7) is 3.68. The molecule has 0 bridgehead atoms. The van der Waals surface area contributed by atoms with E-state index in [-0.39, 0.29) is 11.7 Å². The molecule has 0 fully saturated rings. The second kappa shape index (κ2) is 9.29. The van der Waals surface area contributed by atoms with Crippen LogP contribution in [0.4, 0.5) is 5.69 Å². The van der Waals surface area contributed by atoms with Gasteiger partial charge in [0.15, 0.2) is 0 Å². The first-order valence-electron chi connectivity index (χ1n) is 9.22. The molecule has 7 nitrogen and oxygen atoms in total. The number of benzene rings is 1. The number of aromatic nitrogens is 1. The Morgan fingerprint density at radius 1 is 1.27 bits per heavy atom. The molecular weight excluding hydrogens is 398 g/mol.